The number of carboxylic acids is 1. The predicted molar refractivity (Wildman–Crippen MR) is 128 cm³/mol. The van der Waals surface area contributed by atoms with Crippen molar-refractivity contribution in [2.45, 2.75) is 57.5 Å². The Kier molecular flexibility index (Phi) is 7.20. The highest BCUT2D eigenvalue weighted by Gasteiger charge is 2.37. The number of carbonyl (C=O) groups excluding carboxylic acids is 2. The maximum atomic E-state index is 13.3. The van der Waals surface area contributed by atoms with Crippen LogP contribution in [0, 0.1) is 5.92 Å². The molecule has 7 nitrogen and oxygen atoms in total. The van der Waals surface area contributed by atoms with E-state index in [2.05, 4.69) is 17.4 Å². The first-order chi connectivity index (χ1) is 16.3. The fourth-order valence-electron chi connectivity index (χ4n) is 4.71. The highest BCUT2D eigenvalue weighted by molar-refractivity contribution is 5.87. The third-order valence-corrected chi connectivity index (χ3v) is 6.41. The molecule has 7 heteroatoms. The Hall–Kier alpha value is -3.35. The molecule has 180 valence electrons. The smallest absolute Gasteiger partial charge is 0.407 e. The van der Waals surface area contributed by atoms with Gasteiger partial charge in [-0.1, -0.05) is 62.4 Å². The molecule has 2 amide bonds. The summed E-state index contributed by atoms with van der Waals surface area (Å²) in [7, 11) is 0. The summed E-state index contributed by atoms with van der Waals surface area (Å²) >= 11 is 0. The quantitative estimate of drug-likeness (QED) is 0.543. The monoisotopic (exact) mass is 464 g/mol. The van der Waals surface area contributed by atoms with Crippen LogP contribution in [0.4, 0.5) is 4.79 Å². The van der Waals surface area contributed by atoms with Gasteiger partial charge in [0.25, 0.3) is 0 Å². The van der Waals surface area contributed by atoms with Gasteiger partial charge in [-0.15, -0.1) is 0 Å². The number of nitrogens with zero attached hydrogens (tertiary/aromatic N) is 1. The van der Waals surface area contributed by atoms with Gasteiger partial charge >= 0.3 is 12.1 Å². The minimum absolute atomic E-state index is 0.0275. The summed E-state index contributed by atoms with van der Waals surface area (Å²) in [5, 5.41) is 11.8. The maximum Gasteiger partial charge on any atom is 0.407 e. The Morgan fingerprint density at radius 2 is 1.62 bits per heavy atom. The van der Waals surface area contributed by atoms with Crippen molar-refractivity contribution >= 4 is 18.0 Å². The molecule has 1 saturated carbocycles. The number of rotatable bonds is 10. The average molecular weight is 465 g/mol. The summed E-state index contributed by atoms with van der Waals surface area (Å²) in [6.07, 6.45) is 0.996. The van der Waals surface area contributed by atoms with Gasteiger partial charge in [0.05, 0.1) is 0 Å². The minimum Gasteiger partial charge on any atom is -0.481 e. The van der Waals surface area contributed by atoms with Crippen LogP contribution in [-0.4, -0.2) is 53.2 Å². The van der Waals surface area contributed by atoms with Crippen LogP contribution < -0.4 is 5.32 Å². The highest BCUT2D eigenvalue weighted by atomic mass is 16.5. The molecule has 0 aliphatic heterocycles. The van der Waals surface area contributed by atoms with Gasteiger partial charge in [0.15, 0.2) is 0 Å². The van der Waals surface area contributed by atoms with Gasteiger partial charge < -0.3 is 20.1 Å². The Bertz CT molecular complexity index is 1020. The number of alkyl carbamates (subject to hydrolysis) is 1. The van der Waals surface area contributed by atoms with Gasteiger partial charge in [-0.3, -0.25) is 9.59 Å². The van der Waals surface area contributed by atoms with E-state index >= 15 is 0 Å². The van der Waals surface area contributed by atoms with E-state index in [9.17, 15) is 14.4 Å². The molecule has 1 fully saturated rings. The lowest BCUT2D eigenvalue weighted by Crippen LogP contribution is -2.50. The molecule has 2 aromatic rings. The van der Waals surface area contributed by atoms with Crippen molar-refractivity contribution in [3.8, 4) is 11.1 Å². The van der Waals surface area contributed by atoms with Crippen molar-refractivity contribution in [2.24, 2.45) is 5.92 Å². The van der Waals surface area contributed by atoms with Crippen LogP contribution in [0.1, 0.15) is 56.6 Å². The molecule has 2 aromatic carbocycles. The van der Waals surface area contributed by atoms with Crippen LogP contribution in [0.3, 0.4) is 0 Å². The summed E-state index contributed by atoms with van der Waals surface area (Å²) in [5.74, 6) is -1.05. The van der Waals surface area contributed by atoms with Gasteiger partial charge in [0.2, 0.25) is 5.91 Å². The first-order valence-electron chi connectivity index (χ1n) is 12.0. The van der Waals surface area contributed by atoms with Gasteiger partial charge in [0, 0.05) is 24.9 Å². The molecule has 0 spiro atoms. The number of benzene rings is 2. The SMILES string of the molecule is CC(C)CN(C(=O)C(CCC(=O)O)NC(=O)OCC1c2ccccc2-c2ccccc21)C1CC1. The molecule has 2 aliphatic rings. The van der Waals surface area contributed by atoms with E-state index in [4.69, 9.17) is 9.84 Å². The van der Waals surface area contributed by atoms with Crippen LogP contribution in [-0.2, 0) is 14.3 Å². The lowest BCUT2D eigenvalue weighted by molar-refractivity contribution is -0.138. The first kappa shape index (κ1) is 23.8. The van der Waals surface area contributed by atoms with E-state index in [0.29, 0.717) is 6.54 Å². The Morgan fingerprint density at radius 3 is 2.15 bits per heavy atom. The van der Waals surface area contributed by atoms with Crippen LogP contribution >= 0.6 is 0 Å². The van der Waals surface area contributed by atoms with E-state index in [0.717, 1.165) is 35.1 Å². The normalized spacial score (nSPS) is 15.4. The van der Waals surface area contributed by atoms with Crippen LogP contribution in [0.25, 0.3) is 11.1 Å². The number of carboxylic acid groups (broad SMARTS) is 1. The summed E-state index contributed by atoms with van der Waals surface area (Å²) < 4.78 is 5.60. The molecule has 0 radical (unpaired) electrons. The fourth-order valence-corrected chi connectivity index (χ4v) is 4.71. The number of ether oxygens (including phenoxy) is 1. The Balaban J connectivity index is 1.44. The summed E-state index contributed by atoms with van der Waals surface area (Å²) in [6, 6.07) is 15.4. The average Bonchev–Trinajstić information content (AvgIpc) is 3.61. The van der Waals surface area contributed by atoms with Crippen molar-refractivity contribution in [1.29, 1.82) is 0 Å². The molecule has 1 atom stereocenters. The molecule has 0 saturated heterocycles. The van der Waals surface area contributed by atoms with Crippen molar-refractivity contribution in [1.82, 2.24) is 10.2 Å². The summed E-state index contributed by atoms with van der Waals surface area (Å²) in [5.41, 5.74) is 4.48. The fraction of sp³-hybridized carbons (Fsp3) is 0.444. The number of fused-ring (bicyclic) bond motifs is 3. The molecule has 0 heterocycles. The highest BCUT2D eigenvalue weighted by Crippen LogP contribution is 2.44. The minimum atomic E-state index is -1.01. The molecule has 34 heavy (non-hydrogen) atoms. The van der Waals surface area contributed by atoms with Crippen molar-refractivity contribution < 1.29 is 24.2 Å². The zero-order chi connectivity index (χ0) is 24.2. The van der Waals surface area contributed by atoms with Gasteiger partial charge in [-0.05, 0) is 47.4 Å². The van der Waals surface area contributed by atoms with E-state index in [1.165, 1.54) is 0 Å². The van der Waals surface area contributed by atoms with Gasteiger partial charge in [-0.2, -0.15) is 0 Å². The van der Waals surface area contributed by atoms with E-state index in [1.54, 1.807) is 4.90 Å². The lowest BCUT2D eigenvalue weighted by atomic mass is 9.98. The topological polar surface area (TPSA) is 95.9 Å². The maximum absolute atomic E-state index is 13.3. The summed E-state index contributed by atoms with van der Waals surface area (Å²) in [4.78, 5) is 39.0. The molecular formula is C27H32N2O5. The van der Waals surface area contributed by atoms with E-state index in [-0.39, 0.29) is 43.2 Å². The molecule has 1 unspecified atom stereocenters. The number of nitrogens with one attached hydrogen (secondary N) is 1. The van der Waals surface area contributed by atoms with E-state index in [1.807, 2.05) is 50.2 Å². The molecule has 4 rings (SSSR count). The predicted octanol–water partition coefficient (Wildman–Crippen LogP) is 4.41. The number of hydrogen-bond acceptors (Lipinski definition) is 4. The van der Waals surface area contributed by atoms with Crippen molar-refractivity contribution in [3.05, 3.63) is 59.7 Å². The standard InChI is InChI=1S/C27H32N2O5/c1-17(2)15-29(18-11-12-18)26(32)24(13-14-25(30)31)28-27(33)34-16-23-21-9-5-3-7-19(21)20-8-4-6-10-22(20)23/h3-10,17-18,23-24H,11-16H2,1-2H3,(H,28,33)(H,30,31). The van der Waals surface area contributed by atoms with E-state index < -0.39 is 18.1 Å². The van der Waals surface area contributed by atoms with Gasteiger partial charge in [-0.25, -0.2) is 4.79 Å². The van der Waals surface area contributed by atoms with Crippen molar-refractivity contribution in [3.63, 3.8) is 0 Å². The second-order valence-corrected chi connectivity index (χ2v) is 9.57. The van der Waals surface area contributed by atoms with Crippen LogP contribution in [0.15, 0.2) is 48.5 Å². The molecular weight excluding hydrogens is 432 g/mol. The number of aliphatic carboxylic acids is 1. The van der Waals surface area contributed by atoms with Crippen LogP contribution in [0.5, 0.6) is 0 Å². The largest absolute Gasteiger partial charge is 0.481 e. The number of amides is 2. The molecule has 0 aromatic heterocycles. The van der Waals surface area contributed by atoms with Crippen LogP contribution in [0.2, 0.25) is 0 Å². The third kappa shape index (κ3) is 5.41. The second-order valence-electron chi connectivity index (χ2n) is 9.57. The molecule has 2 N–H and O–H groups in total. The summed E-state index contributed by atoms with van der Waals surface area (Å²) in [6.45, 7) is 4.79. The zero-order valence-electron chi connectivity index (χ0n) is 19.7. The third-order valence-electron chi connectivity index (χ3n) is 6.41. The second kappa shape index (κ2) is 10.3. The number of hydrogen-bond donors (Lipinski definition) is 2. The number of carbonyl (C=O) groups is 3. The first-order valence-corrected chi connectivity index (χ1v) is 12.0. The zero-order valence-corrected chi connectivity index (χ0v) is 19.7. The van der Waals surface area contributed by atoms with Crippen molar-refractivity contribution in [2.75, 3.05) is 13.2 Å². The molecule has 0 bridgehead atoms. The lowest BCUT2D eigenvalue weighted by Gasteiger charge is -2.29. The Morgan fingerprint density at radius 1 is 1.03 bits per heavy atom. The Labute approximate surface area is 200 Å². The van der Waals surface area contributed by atoms with Gasteiger partial charge in [0.1, 0.15) is 12.6 Å². The molecule has 2 aliphatic carbocycles.